The van der Waals surface area contributed by atoms with E-state index in [2.05, 4.69) is 4.74 Å². The lowest BCUT2D eigenvalue weighted by molar-refractivity contribution is -0.139. The Morgan fingerprint density at radius 2 is 1.90 bits per heavy atom. The van der Waals surface area contributed by atoms with Gasteiger partial charge in [0.1, 0.15) is 6.61 Å². The summed E-state index contributed by atoms with van der Waals surface area (Å²) in [5, 5.41) is 8.56. The third kappa shape index (κ3) is 5.90. The van der Waals surface area contributed by atoms with E-state index in [9.17, 15) is 17.8 Å². The molecule has 0 saturated heterocycles. The third-order valence-electron chi connectivity index (χ3n) is 2.41. The van der Waals surface area contributed by atoms with Crippen molar-refractivity contribution in [2.75, 3.05) is 13.2 Å². The standard InChI is InChI=1S/C14H16O6S/c1-11(14(16)20-8-7-15)9-13(21(17,18)19)10-12-5-3-2-4-6-12/h2-6,9-10,15H,7-8H2,1H3,(H,17,18,19). The smallest absolute Gasteiger partial charge is 0.333 e. The predicted molar refractivity (Wildman–Crippen MR) is 77.8 cm³/mol. The molecule has 0 amide bonds. The van der Waals surface area contributed by atoms with Gasteiger partial charge in [-0.2, -0.15) is 8.42 Å². The lowest BCUT2D eigenvalue weighted by Gasteiger charge is -2.04. The van der Waals surface area contributed by atoms with Gasteiger partial charge in [0.05, 0.1) is 11.5 Å². The molecule has 2 N–H and O–H groups in total. The summed E-state index contributed by atoms with van der Waals surface area (Å²) in [4.78, 5) is 11.1. The predicted octanol–water partition coefficient (Wildman–Crippen LogP) is 1.40. The SMILES string of the molecule is CC(=CC(=Cc1ccccc1)S(=O)(=O)O)C(=O)OCCO. The monoisotopic (exact) mass is 312 g/mol. The zero-order valence-electron chi connectivity index (χ0n) is 11.4. The number of rotatable bonds is 6. The summed E-state index contributed by atoms with van der Waals surface area (Å²) in [6.45, 7) is 0.835. The zero-order chi connectivity index (χ0) is 15.9. The van der Waals surface area contributed by atoms with Gasteiger partial charge in [0.15, 0.2) is 0 Å². The normalized spacial score (nSPS) is 13.1. The Hall–Kier alpha value is -1.96. The fourth-order valence-electron chi connectivity index (χ4n) is 1.43. The highest BCUT2D eigenvalue weighted by Crippen LogP contribution is 2.15. The molecular weight excluding hydrogens is 296 g/mol. The molecule has 6 nitrogen and oxygen atoms in total. The highest BCUT2D eigenvalue weighted by Gasteiger charge is 2.14. The number of hydrogen-bond donors (Lipinski definition) is 2. The Kier molecular flexibility index (Phi) is 6.29. The van der Waals surface area contributed by atoms with Crippen LogP contribution in [0.1, 0.15) is 12.5 Å². The topological polar surface area (TPSA) is 101 Å². The van der Waals surface area contributed by atoms with Crippen molar-refractivity contribution in [1.82, 2.24) is 0 Å². The van der Waals surface area contributed by atoms with Crippen LogP contribution >= 0.6 is 0 Å². The molecule has 7 heteroatoms. The number of carbonyl (C=O) groups excluding carboxylic acids is 1. The van der Waals surface area contributed by atoms with E-state index in [4.69, 9.17) is 5.11 Å². The second-order valence-electron chi connectivity index (χ2n) is 4.12. The Morgan fingerprint density at radius 3 is 2.43 bits per heavy atom. The quantitative estimate of drug-likeness (QED) is 0.356. The van der Waals surface area contributed by atoms with Crippen LogP contribution in [0.2, 0.25) is 0 Å². The fourth-order valence-corrected chi connectivity index (χ4v) is 2.04. The van der Waals surface area contributed by atoms with Crippen LogP contribution in [-0.4, -0.2) is 37.3 Å². The summed E-state index contributed by atoms with van der Waals surface area (Å²) >= 11 is 0. The number of aliphatic hydroxyl groups excluding tert-OH is 1. The maximum atomic E-state index is 11.5. The maximum Gasteiger partial charge on any atom is 0.333 e. The molecule has 0 saturated carbocycles. The van der Waals surface area contributed by atoms with Gasteiger partial charge in [0, 0.05) is 5.57 Å². The Bertz CT molecular complexity index is 643. The molecule has 0 bridgehead atoms. The van der Waals surface area contributed by atoms with Crippen molar-refractivity contribution < 1.29 is 27.6 Å². The van der Waals surface area contributed by atoms with Crippen LogP contribution in [-0.2, 0) is 19.6 Å². The minimum absolute atomic E-state index is 0.0109. The van der Waals surface area contributed by atoms with Gasteiger partial charge in [0.25, 0.3) is 10.1 Å². The van der Waals surface area contributed by atoms with Crippen molar-refractivity contribution in [3.63, 3.8) is 0 Å². The molecule has 0 spiro atoms. The third-order valence-corrected chi connectivity index (χ3v) is 3.24. The molecule has 0 heterocycles. The molecule has 0 unspecified atom stereocenters. The summed E-state index contributed by atoms with van der Waals surface area (Å²) in [5.41, 5.74) is 0.543. The summed E-state index contributed by atoms with van der Waals surface area (Å²) in [7, 11) is -4.48. The van der Waals surface area contributed by atoms with Gasteiger partial charge in [-0.3, -0.25) is 4.55 Å². The summed E-state index contributed by atoms with van der Waals surface area (Å²) < 4.78 is 36.6. The van der Waals surface area contributed by atoms with Gasteiger partial charge in [-0.15, -0.1) is 0 Å². The van der Waals surface area contributed by atoms with E-state index in [-0.39, 0.29) is 18.8 Å². The van der Waals surface area contributed by atoms with Crippen molar-refractivity contribution in [3.8, 4) is 0 Å². The van der Waals surface area contributed by atoms with E-state index < -0.39 is 21.0 Å². The van der Waals surface area contributed by atoms with Crippen molar-refractivity contribution >= 4 is 22.2 Å². The van der Waals surface area contributed by atoms with Crippen molar-refractivity contribution in [2.45, 2.75) is 6.92 Å². The van der Waals surface area contributed by atoms with Crippen LogP contribution in [0.25, 0.3) is 6.08 Å². The molecule has 0 atom stereocenters. The van der Waals surface area contributed by atoms with Gasteiger partial charge < -0.3 is 9.84 Å². The average molecular weight is 312 g/mol. The first-order valence-electron chi connectivity index (χ1n) is 6.05. The molecule has 0 radical (unpaired) electrons. The van der Waals surface area contributed by atoms with Gasteiger partial charge in [-0.1, -0.05) is 30.3 Å². The number of hydrogen-bond acceptors (Lipinski definition) is 5. The molecule has 21 heavy (non-hydrogen) atoms. The van der Waals surface area contributed by atoms with E-state index in [0.29, 0.717) is 5.56 Å². The van der Waals surface area contributed by atoms with Crippen LogP contribution in [0, 0.1) is 0 Å². The number of esters is 1. The number of benzene rings is 1. The second-order valence-corrected chi connectivity index (χ2v) is 5.54. The first-order chi connectivity index (χ1) is 9.84. The molecule has 1 rings (SSSR count). The molecule has 0 aliphatic rings. The molecular formula is C14H16O6S. The first kappa shape index (κ1) is 17.1. The lowest BCUT2D eigenvalue weighted by Crippen LogP contribution is -2.10. The number of allylic oxidation sites excluding steroid dienone is 1. The molecule has 0 aliphatic carbocycles. The molecule has 114 valence electrons. The number of aliphatic hydroxyl groups is 1. The fraction of sp³-hybridized carbons (Fsp3) is 0.214. The largest absolute Gasteiger partial charge is 0.460 e. The van der Waals surface area contributed by atoms with E-state index in [1.54, 1.807) is 30.3 Å². The van der Waals surface area contributed by atoms with Crippen molar-refractivity contribution in [2.24, 2.45) is 0 Å². The van der Waals surface area contributed by atoms with Gasteiger partial charge >= 0.3 is 5.97 Å². The van der Waals surface area contributed by atoms with E-state index >= 15 is 0 Å². The summed E-state index contributed by atoms with van der Waals surface area (Å²) in [6.07, 6.45) is 2.25. The Labute approximate surface area is 123 Å². The van der Waals surface area contributed by atoms with E-state index in [0.717, 1.165) is 6.08 Å². The summed E-state index contributed by atoms with van der Waals surface area (Å²) in [6, 6.07) is 8.48. The average Bonchev–Trinajstić information content (AvgIpc) is 2.44. The summed E-state index contributed by atoms with van der Waals surface area (Å²) in [5.74, 6) is -0.772. The molecule has 0 fully saturated rings. The Morgan fingerprint density at radius 1 is 1.29 bits per heavy atom. The maximum absolute atomic E-state index is 11.5. The van der Waals surface area contributed by atoms with Crippen LogP contribution in [0.4, 0.5) is 0 Å². The lowest BCUT2D eigenvalue weighted by atomic mass is 10.2. The highest BCUT2D eigenvalue weighted by molar-refractivity contribution is 7.90. The Balaban J connectivity index is 3.11. The van der Waals surface area contributed by atoms with Crippen LogP contribution in [0.5, 0.6) is 0 Å². The second kappa shape index (κ2) is 7.72. The van der Waals surface area contributed by atoms with Gasteiger partial charge in [-0.05, 0) is 24.6 Å². The van der Waals surface area contributed by atoms with Crippen LogP contribution in [0.3, 0.4) is 0 Å². The molecule has 0 aliphatic heterocycles. The molecule has 0 aromatic heterocycles. The van der Waals surface area contributed by atoms with Crippen molar-refractivity contribution in [3.05, 3.63) is 52.4 Å². The molecule has 1 aromatic carbocycles. The van der Waals surface area contributed by atoms with E-state index in [1.807, 2.05) is 0 Å². The van der Waals surface area contributed by atoms with Crippen LogP contribution < -0.4 is 0 Å². The van der Waals surface area contributed by atoms with Gasteiger partial charge in [-0.25, -0.2) is 4.79 Å². The number of ether oxygens (including phenoxy) is 1. The minimum Gasteiger partial charge on any atom is -0.460 e. The van der Waals surface area contributed by atoms with Crippen LogP contribution in [0.15, 0.2) is 46.9 Å². The minimum atomic E-state index is -4.48. The number of carbonyl (C=O) groups is 1. The molecule has 1 aromatic rings. The first-order valence-corrected chi connectivity index (χ1v) is 7.49. The van der Waals surface area contributed by atoms with Crippen molar-refractivity contribution in [1.29, 1.82) is 0 Å². The zero-order valence-corrected chi connectivity index (χ0v) is 12.2. The highest BCUT2D eigenvalue weighted by atomic mass is 32.2. The van der Waals surface area contributed by atoms with E-state index in [1.165, 1.54) is 13.0 Å². The van der Waals surface area contributed by atoms with Gasteiger partial charge in [0.2, 0.25) is 0 Å².